The first-order chi connectivity index (χ1) is 7.68. The predicted molar refractivity (Wildman–Crippen MR) is 59.2 cm³/mol. The van der Waals surface area contributed by atoms with Crippen molar-refractivity contribution < 1.29 is 9.90 Å². The largest absolute Gasteiger partial charge is 0.480 e. The second kappa shape index (κ2) is 4.65. The summed E-state index contributed by atoms with van der Waals surface area (Å²) in [6.07, 6.45) is 5.81. The van der Waals surface area contributed by atoms with Gasteiger partial charge in [0.2, 0.25) is 0 Å². The smallest absolute Gasteiger partial charge is 0.317 e. The highest BCUT2D eigenvalue weighted by atomic mass is 16.4. The highest BCUT2D eigenvalue weighted by molar-refractivity contribution is 5.69. The molecule has 5 nitrogen and oxygen atoms in total. The van der Waals surface area contributed by atoms with Gasteiger partial charge in [0.05, 0.1) is 12.6 Å². The highest BCUT2D eigenvalue weighted by Gasteiger charge is 2.31. The maximum absolute atomic E-state index is 10.7. The summed E-state index contributed by atoms with van der Waals surface area (Å²) in [4.78, 5) is 12.8. The molecule has 1 aliphatic heterocycles. The summed E-state index contributed by atoms with van der Waals surface area (Å²) in [6.45, 7) is 3.11. The normalized spacial score (nSPS) is 23.4. The molecule has 16 heavy (non-hydrogen) atoms. The van der Waals surface area contributed by atoms with Crippen LogP contribution in [0.2, 0.25) is 0 Å². The van der Waals surface area contributed by atoms with E-state index in [0.717, 1.165) is 19.4 Å². The van der Waals surface area contributed by atoms with Gasteiger partial charge in [-0.3, -0.25) is 14.4 Å². The van der Waals surface area contributed by atoms with Crippen LogP contribution in [0.5, 0.6) is 0 Å². The molecule has 0 saturated carbocycles. The molecule has 0 unspecified atom stereocenters. The van der Waals surface area contributed by atoms with E-state index in [1.54, 1.807) is 6.20 Å². The standard InChI is InChI=1S/C11H17N3O2/c1-9(14-7-3-5-12-14)10-4-2-6-13(10)8-11(15)16/h3,5,7,9-10H,2,4,6,8H2,1H3,(H,15,16)/t9-,10+/m1/s1. The molecule has 1 N–H and O–H groups in total. The lowest BCUT2D eigenvalue weighted by molar-refractivity contribution is -0.138. The summed E-state index contributed by atoms with van der Waals surface area (Å²) in [5.74, 6) is -0.750. The lowest BCUT2D eigenvalue weighted by atomic mass is 10.1. The van der Waals surface area contributed by atoms with Crippen LogP contribution in [0.1, 0.15) is 25.8 Å². The van der Waals surface area contributed by atoms with Crippen molar-refractivity contribution in [2.24, 2.45) is 0 Å². The van der Waals surface area contributed by atoms with Crippen LogP contribution in [0.15, 0.2) is 18.5 Å². The SMILES string of the molecule is C[C@H]([C@@H]1CCCN1CC(=O)O)n1cccn1. The van der Waals surface area contributed by atoms with Crippen LogP contribution in [0.3, 0.4) is 0 Å². The minimum absolute atomic E-state index is 0.135. The lowest BCUT2D eigenvalue weighted by Crippen LogP contribution is -2.39. The molecular formula is C11H17N3O2. The molecule has 1 saturated heterocycles. The Bertz CT molecular complexity index is 350. The van der Waals surface area contributed by atoms with Gasteiger partial charge in [0.1, 0.15) is 0 Å². The molecule has 0 aromatic carbocycles. The molecular weight excluding hydrogens is 206 g/mol. The minimum atomic E-state index is -0.750. The number of aliphatic carboxylic acids is 1. The fourth-order valence-corrected chi connectivity index (χ4v) is 2.47. The van der Waals surface area contributed by atoms with E-state index in [4.69, 9.17) is 5.11 Å². The Morgan fingerprint density at radius 2 is 2.50 bits per heavy atom. The van der Waals surface area contributed by atoms with E-state index in [2.05, 4.69) is 12.0 Å². The van der Waals surface area contributed by atoms with Crippen LogP contribution in [-0.2, 0) is 4.79 Å². The molecule has 1 aromatic rings. The zero-order chi connectivity index (χ0) is 11.5. The van der Waals surface area contributed by atoms with Crippen molar-refractivity contribution in [2.75, 3.05) is 13.1 Å². The number of carboxylic acid groups (broad SMARTS) is 1. The third-order valence-electron chi connectivity index (χ3n) is 3.25. The van der Waals surface area contributed by atoms with Crippen molar-refractivity contribution in [3.63, 3.8) is 0 Å². The molecule has 2 atom stereocenters. The summed E-state index contributed by atoms with van der Waals surface area (Å²) >= 11 is 0. The van der Waals surface area contributed by atoms with E-state index in [1.807, 2.05) is 21.8 Å². The molecule has 0 spiro atoms. The summed E-state index contributed by atoms with van der Waals surface area (Å²) in [5, 5.41) is 13.1. The van der Waals surface area contributed by atoms with E-state index in [0.29, 0.717) is 0 Å². The highest BCUT2D eigenvalue weighted by Crippen LogP contribution is 2.26. The number of likely N-dealkylation sites (tertiary alicyclic amines) is 1. The van der Waals surface area contributed by atoms with E-state index in [9.17, 15) is 4.79 Å². The molecule has 2 heterocycles. The molecule has 0 amide bonds. The van der Waals surface area contributed by atoms with Crippen LogP contribution < -0.4 is 0 Å². The number of carbonyl (C=O) groups is 1. The van der Waals surface area contributed by atoms with Crippen molar-refractivity contribution in [1.29, 1.82) is 0 Å². The molecule has 5 heteroatoms. The van der Waals surface area contributed by atoms with Gasteiger partial charge in [-0.15, -0.1) is 0 Å². The Hall–Kier alpha value is -1.36. The number of hydrogen-bond donors (Lipinski definition) is 1. The first-order valence-corrected chi connectivity index (χ1v) is 5.63. The molecule has 0 radical (unpaired) electrons. The zero-order valence-corrected chi connectivity index (χ0v) is 9.41. The quantitative estimate of drug-likeness (QED) is 0.827. The van der Waals surface area contributed by atoms with Crippen LogP contribution in [-0.4, -0.2) is 44.9 Å². The Kier molecular flexibility index (Phi) is 3.24. The van der Waals surface area contributed by atoms with E-state index in [-0.39, 0.29) is 18.6 Å². The van der Waals surface area contributed by atoms with Gasteiger partial charge in [-0.1, -0.05) is 0 Å². The van der Waals surface area contributed by atoms with Crippen molar-refractivity contribution >= 4 is 5.97 Å². The predicted octanol–water partition coefficient (Wildman–Crippen LogP) is 0.993. The van der Waals surface area contributed by atoms with Gasteiger partial charge < -0.3 is 5.11 Å². The second-order valence-electron chi connectivity index (χ2n) is 4.30. The van der Waals surface area contributed by atoms with E-state index < -0.39 is 5.97 Å². The van der Waals surface area contributed by atoms with Crippen molar-refractivity contribution in [3.8, 4) is 0 Å². The fourth-order valence-electron chi connectivity index (χ4n) is 2.47. The van der Waals surface area contributed by atoms with Gasteiger partial charge >= 0.3 is 5.97 Å². The van der Waals surface area contributed by atoms with Gasteiger partial charge in [-0.25, -0.2) is 0 Å². The zero-order valence-electron chi connectivity index (χ0n) is 9.41. The lowest BCUT2D eigenvalue weighted by Gasteiger charge is -2.28. The third kappa shape index (κ3) is 2.24. The van der Waals surface area contributed by atoms with Crippen LogP contribution >= 0.6 is 0 Å². The first kappa shape index (κ1) is 11.1. The monoisotopic (exact) mass is 223 g/mol. The summed E-state index contributed by atoms with van der Waals surface area (Å²) in [7, 11) is 0. The Morgan fingerprint density at radius 3 is 3.12 bits per heavy atom. The Morgan fingerprint density at radius 1 is 1.69 bits per heavy atom. The molecule has 0 bridgehead atoms. The molecule has 2 rings (SSSR count). The van der Waals surface area contributed by atoms with Gasteiger partial charge in [0, 0.05) is 18.4 Å². The number of aromatic nitrogens is 2. The Labute approximate surface area is 94.7 Å². The van der Waals surface area contributed by atoms with Crippen molar-refractivity contribution in [2.45, 2.75) is 31.8 Å². The third-order valence-corrected chi connectivity index (χ3v) is 3.25. The molecule has 1 aliphatic rings. The van der Waals surface area contributed by atoms with Crippen molar-refractivity contribution in [3.05, 3.63) is 18.5 Å². The molecule has 1 fully saturated rings. The average Bonchev–Trinajstić information content (AvgIpc) is 2.84. The fraction of sp³-hybridized carbons (Fsp3) is 0.636. The maximum atomic E-state index is 10.7. The Balaban J connectivity index is 2.05. The second-order valence-corrected chi connectivity index (χ2v) is 4.30. The van der Waals surface area contributed by atoms with E-state index >= 15 is 0 Å². The van der Waals surface area contributed by atoms with E-state index in [1.165, 1.54) is 0 Å². The average molecular weight is 223 g/mol. The van der Waals surface area contributed by atoms with Gasteiger partial charge in [-0.05, 0) is 32.4 Å². The first-order valence-electron chi connectivity index (χ1n) is 5.63. The molecule has 0 aliphatic carbocycles. The van der Waals surface area contributed by atoms with Crippen LogP contribution in [0.4, 0.5) is 0 Å². The summed E-state index contributed by atoms with van der Waals surface area (Å²) in [5.41, 5.74) is 0. The number of hydrogen-bond acceptors (Lipinski definition) is 3. The van der Waals surface area contributed by atoms with Gasteiger partial charge in [0.25, 0.3) is 0 Å². The number of carboxylic acids is 1. The minimum Gasteiger partial charge on any atom is -0.480 e. The topological polar surface area (TPSA) is 58.4 Å². The summed E-state index contributed by atoms with van der Waals surface area (Å²) in [6, 6.07) is 2.42. The van der Waals surface area contributed by atoms with Crippen LogP contribution in [0.25, 0.3) is 0 Å². The van der Waals surface area contributed by atoms with Gasteiger partial charge in [-0.2, -0.15) is 5.10 Å². The van der Waals surface area contributed by atoms with Gasteiger partial charge in [0.15, 0.2) is 0 Å². The van der Waals surface area contributed by atoms with Crippen molar-refractivity contribution in [1.82, 2.24) is 14.7 Å². The maximum Gasteiger partial charge on any atom is 0.317 e. The number of rotatable bonds is 4. The molecule has 1 aromatic heterocycles. The molecule has 88 valence electrons. The van der Waals surface area contributed by atoms with Crippen LogP contribution in [0, 0.1) is 0 Å². The number of nitrogens with zero attached hydrogens (tertiary/aromatic N) is 3. The summed E-state index contributed by atoms with van der Waals surface area (Å²) < 4.78 is 1.91.